The van der Waals surface area contributed by atoms with Gasteiger partial charge in [0.05, 0.1) is 6.10 Å². The summed E-state index contributed by atoms with van der Waals surface area (Å²) in [4.78, 5) is 0. The van der Waals surface area contributed by atoms with Crippen molar-refractivity contribution in [2.75, 3.05) is 0 Å². The van der Waals surface area contributed by atoms with E-state index >= 15 is 0 Å². The van der Waals surface area contributed by atoms with Crippen LogP contribution in [0.5, 0.6) is 0 Å². The lowest BCUT2D eigenvalue weighted by atomic mass is 9.72. The summed E-state index contributed by atoms with van der Waals surface area (Å²) in [5.41, 5.74) is 0.533. The van der Waals surface area contributed by atoms with E-state index in [-0.39, 0.29) is 6.10 Å². The normalized spacial score (nSPS) is 28.4. The van der Waals surface area contributed by atoms with Gasteiger partial charge in [-0.15, -0.1) is 0 Å². The molecule has 0 radical (unpaired) electrons. The smallest absolute Gasteiger partial charge is 0.0540 e. The molecule has 0 aliphatic heterocycles. The van der Waals surface area contributed by atoms with Crippen LogP contribution in [-0.4, -0.2) is 11.2 Å². The number of aliphatic hydroxyl groups excluding tert-OH is 1. The van der Waals surface area contributed by atoms with Crippen molar-refractivity contribution in [2.45, 2.75) is 52.6 Å². The molecule has 1 atom stereocenters. The minimum Gasteiger partial charge on any atom is -0.393 e. The molecule has 0 amide bonds. The second-order valence-corrected chi connectivity index (χ2v) is 4.74. The molecular formula is C10H20O. The predicted molar refractivity (Wildman–Crippen MR) is 47.4 cm³/mol. The van der Waals surface area contributed by atoms with Crippen molar-refractivity contribution in [1.29, 1.82) is 0 Å². The van der Waals surface area contributed by atoms with E-state index in [2.05, 4.69) is 13.8 Å². The van der Waals surface area contributed by atoms with Gasteiger partial charge in [0.25, 0.3) is 0 Å². The Kier molecular flexibility index (Phi) is 2.58. The molecule has 1 saturated carbocycles. The lowest BCUT2D eigenvalue weighted by Gasteiger charge is -2.35. The number of aliphatic hydroxyl groups is 1. The summed E-state index contributed by atoms with van der Waals surface area (Å²) >= 11 is 0. The fraction of sp³-hybridized carbons (Fsp3) is 1.00. The number of rotatable bonds is 1. The average molecular weight is 156 g/mol. The van der Waals surface area contributed by atoms with Crippen LogP contribution in [-0.2, 0) is 0 Å². The standard InChI is InChI=1S/C10H20O/c1-8(11)9-4-6-10(2,3)7-5-9/h8-9,11H,4-7H2,1-3H3/t8-/m0/s1. The molecule has 0 aromatic rings. The molecule has 0 heterocycles. The Morgan fingerprint density at radius 1 is 1.27 bits per heavy atom. The SMILES string of the molecule is C[C@H](O)C1CCC(C)(C)CC1. The highest BCUT2D eigenvalue weighted by molar-refractivity contribution is 4.80. The summed E-state index contributed by atoms with van der Waals surface area (Å²) in [5.74, 6) is 0.572. The Morgan fingerprint density at radius 3 is 2.09 bits per heavy atom. The van der Waals surface area contributed by atoms with Crippen molar-refractivity contribution >= 4 is 0 Å². The number of hydrogen-bond donors (Lipinski definition) is 1. The lowest BCUT2D eigenvalue weighted by Crippen LogP contribution is -2.27. The minimum atomic E-state index is -0.0916. The quantitative estimate of drug-likeness (QED) is 0.618. The van der Waals surface area contributed by atoms with Crippen LogP contribution in [0.3, 0.4) is 0 Å². The summed E-state index contributed by atoms with van der Waals surface area (Å²) in [6.07, 6.45) is 4.89. The highest BCUT2D eigenvalue weighted by Crippen LogP contribution is 2.38. The van der Waals surface area contributed by atoms with Crippen molar-refractivity contribution in [1.82, 2.24) is 0 Å². The highest BCUT2D eigenvalue weighted by atomic mass is 16.3. The Hall–Kier alpha value is -0.0400. The molecule has 1 heteroatoms. The van der Waals surface area contributed by atoms with Gasteiger partial charge in [0.1, 0.15) is 0 Å². The number of hydrogen-bond acceptors (Lipinski definition) is 1. The fourth-order valence-electron chi connectivity index (χ4n) is 1.90. The third kappa shape index (κ3) is 2.48. The molecular weight excluding hydrogens is 136 g/mol. The van der Waals surface area contributed by atoms with E-state index in [9.17, 15) is 5.11 Å². The zero-order chi connectivity index (χ0) is 8.48. The first-order chi connectivity index (χ1) is 5.01. The van der Waals surface area contributed by atoms with Crippen LogP contribution in [0, 0.1) is 11.3 Å². The molecule has 11 heavy (non-hydrogen) atoms. The molecule has 1 aliphatic rings. The van der Waals surface area contributed by atoms with Gasteiger partial charge in [0, 0.05) is 0 Å². The second kappa shape index (κ2) is 3.14. The van der Waals surface area contributed by atoms with Crippen molar-refractivity contribution in [3.05, 3.63) is 0 Å². The molecule has 1 rings (SSSR count). The Bertz CT molecular complexity index is 117. The molecule has 1 N–H and O–H groups in total. The fourth-order valence-corrected chi connectivity index (χ4v) is 1.90. The van der Waals surface area contributed by atoms with Crippen LogP contribution in [0.15, 0.2) is 0 Å². The van der Waals surface area contributed by atoms with E-state index in [0.717, 1.165) is 0 Å². The van der Waals surface area contributed by atoms with Crippen LogP contribution in [0.25, 0.3) is 0 Å². The molecule has 0 aromatic heterocycles. The van der Waals surface area contributed by atoms with Crippen LogP contribution in [0.1, 0.15) is 46.5 Å². The first kappa shape index (κ1) is 9.05. The van der Waals surface area contributed by atoms with E-state index in [1.807, 2.05) is 6.92 Å². The summed E-state index contributed by atoms with van der Waals surface area (Å²) in [7, 11) is 0. The highest BCUT2D eigenvalue weighted by Gasteiger charge is 2.28. The van der Waals surface area contributed by atoms with E-state index in [1.54, 1.807) is 0 Å². The van der Waals surface area contributed by atoms with E-state index < -0.39 is 0 Å². The van der Waals surface area contributed by atoms with Crippen LogP contribution < -0.4 is 0 Å². The maximum atomic E-state index is 9.35. The van der Waals surface area contributed by atoms with Crippen LogP contribution in [0.4, 0.5) is 0 Å². The average Bonchev–Trinajstić information content (AvgIpc) is 1.86. The minimum absolute atomic E-state index is 0.0916. The van der Waals surface area contributed by atoms with Crippen molar-refractivity contribution in [3.8, 4) is 0 Å². The van der Waals surface area contributed by atoms with Crippen LogP contribution >= 0.6 is 0 Å². The second-order valence-electron chi connectivity index (χ2n) is 4.74. The van der Waals surface area contributed by atoms with Gasteiger partial charge in [-0.1, -0.05) is 13.8 Å². The Morgan fingerprint density at radius 2 is 1.73 bits per heavy atom. The maximum absolute atomic E-state index is 9.35. The van der Waals surface area contributed by atoms with Gasteiger partial charge < -0.3 is 5.11 Å². The molecule has 0 unspecified atom stereocenters. The zero-order valence-electron chi connectivity index (χ0n) is 7.93. The molecule has 1 nitrogen and oxygen atoms in total. The van der Waals surface area contributed by atoms with Gasteiger partial charge in [0.15, 0.2) is 0 Å². The molecule has 66 valence electrons. The summed E-state index contributed by atoms with van der Waals surface area (Å²) in [6, 6.07) is 0. The van der Waals surface area contributed by atoms with Crippen molar-refractivity contribution in [2.24, 2.45) is 11.3 Å². The van der Waals surface area contributed by atoms with Crippen molar-refractivity contribution < 1.29 is 5.11 Å². The summed E-state index contributed by atoms with van der Waals surface area (Å²) in [6.45, 7) is 6.57. The molecule has 1 aliphatic carbocycles. The summed E-state index contributed by atoms with van der Waals surface area (Å²) in [5, 5.41) is 9.35. The monoisotopic (exact) mass is 156 g/mol. The van der Waals surface area contributed by atoms with E-state index in [0.29, 0.717) is 11.3 Å². The van der Waals surface area contributed by atoms with E-state index in [4.69, 9.17) is 0 Å². The largest absolute Gasteiger partial charge is 0.393 e. The molecule has 0 spiro atoms. The summed E-state index contributed by atoms with van der Waals surface area (Å²) < 4.78 is 0. The van der Waals surface area contributed by atoms with Gasteiger partial charge >= 0.3 is 0 Å². The first-order valence-corrected chi connectivity index (χ1v) is 4.69. The van der Waals surface area contributed by atoms with E-state index in [1.165, 1.54) is 25.7 Å². The Balaban J connectivity index is 2.36. The lowest BCUT2D eigenvalue weighted by molar-refractivity contribution is 0.0700. The van der Waals surface area contributed by atoms with Crippen molar-refractivity contribution in [3.63, 3.8) is 0 Å². The van der Waals surface area contributed by atoms with Gasteiger partial charge in [-0.2, -0.15) is 0 Å². The zero-order valence-corrected chi connectivity index (χ0v) is 7.93. The van der Waals surface area contributed by atoms with Gasteiger partial charge in [-0.25, -0.2) is 0 Å². The first-order valence-electron chi connectivity index (χ1n) is 4.69. The van der Waals surface area contributed by atoms with Gasteiger partial charge in [0.2, 0.25) is 0 Å². The third-order valence-corrected chi connectivity index (χ3v) is 3.07. The molecule has 0 saturated heterocycles. The Labute approximate surface area is 69.8 Å². The molecule has 1 fully saturated rings. The van der Waals surface area contributed by atoms with Gasteiger partial charge in [-0.05, 0) is 43.9 Å². The topological polar surface area (TPSA) is 20.2 Å². The van der Waals surface area contributed by atoms with Crippen LogP contribution in [0.2, 0.25) is 0 Å². The predicted octanol–water partition coefficient (Wildman–Crippen LogP) is 2.58. The third-order valence-electron chi connectivity index (χ3n) is 3.07. The molecule has 0 aromatic carbocycles. The van der Waals surface area contributed by atoms with Gasteiger partial charge in [-0.3, -0.25) is 0 Å². The molecule has 0 bridgehead atoms. The maximum Gasteiger partial charge on any atom is 0.0540 e.